The van der Waals surface area contributed by atoms with E-state index in [0.717, 1.165) is 22.4 Å². The molecule has 6 nitrogen and oxygen atoms in total. The summed E-state index contributed by atoms with van der Waals surface area (Å²) in [5, 5.41) is 7.07. The maximum Gasteiger partial charge on any atom is 0.223 e. The molecule has 0 unspecified atom stereocenters. The Morgan fingerprint density at radius 2 is 2.00 bits per heavy atom. The second kappa shape index (κ2) is 6.79. The second-order valence-electron chi connectivity index (χ2n) is 5.78. The van der Waals surface area contributed by atoms with Gasteiger partial charge in [-0.3, -0.25) is 0 Å². The molecule has 0 saturated carbocycles. The minimum atomic E-state index is -0.265. The Kier molecular flexibility index (Phi) is 4.18. The van der Waals surface area contributed by atoms with E-state index in [1.807, 2.05) is 19.1 Å². The third-order valence-corrected chi connectivity index (χ3v) is 3.84. The predicted octanol–water partition coefficient (Wildman–Crippen LogP) is 4.45. The van der Waals surface area contributed by atoms with E-state index < -0.39 is 0 Å². The van der Waals surface area contributed by atoms with Crippen molar-refractivity contribution in [1.29, 1.82) is 0 Å². The van der Waals surface area contributed by atoms with Crippen LogP contribution in [0.5, 0.6) is 0 Å². The number of benzene rings is 1. The Morgan fingerprint density at radius 1 is 1.15 bits per heavy atom. The van der Waals surface area contributed by atoms with Crippen LogP contribution >= 0.6 is 0 Å². The topological polar surface area (TPSA) is 77.0 Å². The molecule has 0 aliphatic heterocycles. The van der Waals surface area contributed by atoms with E-state index in [0.29, 0.717) is 23.9 Å². The van der Waals surface area contributed by atoms with Crippen molar-refractivity contribution in [3.8, 4) is 22.6 Å². The van der Waals surface area contributed by atoms with E-state index in [1.54, 1.807) is 30.9 Å². The summed E-state index contributed by atoms with van der Waals surface area (Å²) in [6.07, 6.45) is 4.87. The summed E-state index contributed by atoms with van der Waals surface area (Å²) in [5.74, 6) is 0.772. The second-order valence-corrected chi connectivity index (χ2v) is 5.78. The van der Waals surface area contributed by atoms with E-state index in [9.17, 15) is 4.39 Å². The largest absolute Gasteiger partial charge is 0.472 e. The highest BCUT2D eigenvalue weighted by Gasteiger charge is 2.16. The Balaban J connectivity index is 1.65. The molecule has 0 atom stereocenters. The van der Waals surface area contributed by atoms with Gasteiger partial charge in [0, 0.05) is 24.4 Å². The number of aromatic nitrogens is 3. The molecule has 7 heteroatoms. The molecule has 0 bridgehead atoms. The summed E-state index contributed by atoms with van der Waals surface area (Å²) in [5.41, 5.74) is 3.90. The maximum absolute atomic E-state index is 13.0. The first kappa shape index (κ1) is 16.0. The number of aryl methyl sites for hydroxylation is 1. The monoisotopic (exact) mass is 350 g/mol. The van der Waals surface area contributed by atoms with Crippen LogP contribution in [0.15, 0.2) is 64.1 Å². The smallest absolute Gasteiger partial charge is 0.223 e. The van der Waals surface area contributed by atoms with Gasteiger partial charge in [-0.15, -0.1) is 0 Å². The molecule has 1 N–H and O–H groups in total. The molecule has 0 radical (unpaired) electrons. The van der Waals surface area contributed by atoms with E-state index in [-0.39, 0.29) is 5.82 Å². The first-order valence-electron chi connectivity index (χ1n) is 8.00. The molecule has 3 heterocycles. The third-order valence-electron chi connectivity index (χ3n) is 3.84. The van der Waals surface area contributed by atoms with Gasteiger partial charge < -0.3 is 14.3 Å². The van der Waals surface area contributed by atoms with Crippen LogP contribution in [0.2, 0.25) is 0 Å². The molecular weight excluding hydrogens is 335 g/mol. The van der Waals surface area contributed by atoms with Crippen LogP contribution in [-0.4, -0.2) is 15.1 Å². The molecule has 0 aliphatic carbocycles. The van der Waals surface area contributed by atoms with Gasteiger partial charge in [-0.1, -0.05) is 17.3 Å². The molecule has 4 aromatic rings. The lowest BCUT2D eigenvalue weighted by Crippen LogP contribution is -2.05. The van der Waals surface area contributed by atoms with Crippen LogP contribution < -0.4 is 5.32 Å². The minimum absolute atomic E-state index is 0.265. The summed E-state index contributed by atoms with van der Waals surface area (Å²) in [6.45, 7) is 2.33. The van der Waals surface area contributed by atoms with E-state index in [1.165, 1.54) is 12.1 Å². The molecular formula is C19H15FN4O2. The van der Waals surface area contributed by atoms with Crippen LogP contribution in [0.1, 0.15) is 11.3 Å². The fraction of sp³-hybridized carbons (Fsp3) is 0.105. The number of nitrogens with zero attached hydrogens (tertiary/aromatic N) is 3. The lowest BCUT2D eigenvalue weighted by Gasteiger charge is -2.09. The lowest BCUT2D eigenvalue weighted by molar-refractivity contribution is 0.427. The van der Waals surface area contributed by atoms with Crippen molar-refractivity contribution < 1.29 is 13.3 Å². The number of furan rings is 1. The molecule has 0 fully saturated rings. The standard InChI is InChI=1S/C19H15FN4O2/c1-12-8-17(26-24-12)16-10-22-19(23-18(16)14-6-7-25-11-14)21-9-13-2-4-15(20)5-3-13/h2-8,10-11H,9H2,1H3,(H,21,22,23). The lowest BCUT2D eigenvalue weighted by atomic mass is 10.1. The highest BCUT2D eigenvalue weighted by molar-refractivity contribution is 5.77. The Bertz CT molecular complexity index is 1010. The number of hydrogen-bond acceptors (Lipinski definition) is 6. The number of hydrogen-bond donors (Lipinski definition) is 1. The molecule has 0 saturated heterocycles. The zero-order chi connectivity index (χ0) is 17.9. The van der Waals surface area contributed by atoms with Crippen molar-refractivity contribution in [2.75, 3.05) is 5.32 Å². The summed E-state index contributed by atoms with van der Waals surface area (Å²) in [6, 6.07) is 9.91. The number of rotatable bonds is 5. The highest BCUT2D eigenvalue weighted by Crippen LogP contribution is 2.31. The molecule has 0 spiro atoms. The minimum Gasteiger partial charge on any atom is -0.472 e. The molecule has 0 aliphatic rings. The van der Waals surface area contributed by atoms with Crippen molar-refractivity contribution in [2.24, 2.45) is 0 Å². The fourth-order valence-corrected chi connectivity index (χ4v) is 2.54. The zero-order valence-corrected chi connectivity index (χ0v) is 13.9. The average Bonchev–Trinajstić information content (AvgIpc) is 3.33. The maximum atomic E-state index is 13.0. The Morgan fingerprint density at radius 3 is 2.69 bits per heavy atom. The molecule has 4 rings (SSSR count). The third kappa shape index (κ3) is 3.32. The molecule has 1 aromatic carbocycles. The first-order chi connectivity index (χ1) is 12.7. The highest BCUT2D eigenvalue weighted by atomic mass is 19.1. The van der Waals surface area contributed by atoms with Crippen LogP contribution in [0.25, 0.3) is 22.6 Å². The van der Waals surface area contributed by atoms with E-state index >= 15 is 0 Å². The Labute approximate surface area is 148 Å². The van der Waals surface area contributed by atoms with Crippen LogP contribution in [0.4, 0.5) is 10.3 Å². The van der Waals surface area contributed by atoms with Crippen LogP contribution in [0.3, 0.4) is 0 Å². The normalized spacial score (nSPS) is 10.8. The van der Waals surface area contributed by atoms with Gasteiger partial charge >= 0.3 is 0 Å². The van der Waals surface area contributed by atoms with Gasteiger partial charge in [0.1, 0.15) is 5.82 Å². The van der Waals surface area contributed by atoms with Crippen LogP contribution in [0, 0.1) is 12.7 Å². The van der Waals surface area contributed by atoms with Crippen molar-refractivity contribution in [3.63, 3.8) is 0 Å². The summed E-state index contributed by atoms with van der Waals surface area (Å²) >= 11 is 0. The van der Waals surface area contributed by atoms with Gasteiger partial charge in [0.15, 0.2) is 5.76 Å². The van der Waals surface area contributed by atoms with Gasteiger partial charge in [-0.05, 0) is 30.7 Å². The van der Waals surface area contributed by atoms with E-state index in [2.05, 4.69) is 20.4 Å². The van der Waals surface area contributed by atoms with Gasteiger partial charge in [0.2, 0.25) is 5.95 Å². The quantitative estimate of drug-likeness (QED) is 0.573. The molecule has 130 valence electrons. The molecule has 26 heavy (non-hydrogen) atoms. The van der Waals surface area contributed by atoms with Gasteiger partial charge in [0.05, 0.1) is 29.5 Å². The van der Waals surface area contributed by atoms with Gasteiger partial charge in [-0.2, -0.15) is 0 Å². The fourth-order valence-electron chi connectivity index (χ4n) is 2.54. The van der Waals surface area contributed by atoms with Gasteiger partial charge in [-0.25, -0.2) is 14.4 Å². The van der Waals surface area contributed by atoms with Crippen molar-refractivity contribution in [2.45, 2.75) is 13.5 Å². The SMILES string of the molecule is Cc1cc(-c2cnc(NCc3ccc(F)cc3)nc2-c2ccoc2)on1. The Hall–Kier alpha value is -3.48. The first-order valence-corrected chi connectivity index (χ1v) is 8.00. The zero-order valence-electron chi connectivity index (χ0n) is 13.9. The molecule has 0 amide bonds. The van der Waals surface area contributed by atoms with Crippen molar-refractivity contribution in [1.82, 2.24) is 15.1 Å². The number of anilines is 1. The summed E-state index contributed by atoms with van der Waals surface area (Å²) in [4.78, 5) is 8.94. The molecule has 3 aromatic heterocycles. The van der Waals surface area contributed by atoms with Gasteiger partial charge in [0.25, 0.3) is 0 Å². The van der Waals surface area contributed by atoms with Crippen LogP contribution in [-0.2, 0) is 6.54 Å². The predicted molar refractivity (Wildman–Crippen MR) is 93.7 cm³/mol. The summed E-state index contributed by atoms with van der Waals surface area (Å²) in [7, 11) is 0. The summed E-state index contributed by atoms with van der Waals surface area (Å²) < 4.78 is 23.5. The average molecular weight is 350 g/mol. The van der Waals surface area contributed by atoms with Crippen molar-refractivity contribution >= 4 is 5.95 Å². The number of halogens is 1. The van der Waals surface area contributed by atoms with Crippen molar-refractivity contribution in [3.05, 3.63) is 72.2 Å². The van der Waals surface area contributed by atoms with E-state index in [4.69, 9.17) is 8.94 Å². The number of nitrogens with one attached hydrogen (secondary N) is 1.